The molecule has 0 aliphatic carbocycles. The number of methoxy groups -OCH3 is 1. The van der Waals surface area contributed by atoms with Gasteiger partial charge < -0.3 is 10.5 Å². The molecule has 1 heterocycles. The fourth-order valence-corrected chi connectivity index (χ4v) is 2.44. The largest absolute Gasteiger partial charge is 0.496 e. The van der Waals surface area contributed by atoms with E-state index in [9.17, 15) is 0 Å². The summed E-state index contributed by atoms with van der Waals surface area (Å²) in [5, 5.41) is 4.22. The van der Waals surface area contributed by atoms with Crippen LogP contribution in [0.4, 0.5) is 5.82 Å². The quantitative estimate of drug-likeness (QED) is 0.921. The van der Waals surface area contributed by atoms with Gasteiger partial charge >= 0.3 is 0 Å². The summed E-state index contributed by atoms with van der Waals surface area (Å²) < 4.78 is 7.26. The van der Waals surface area contributed by atoms with Gasteiger partial charge in [-0.1, -0.05) is 26.0 Å². The van der Waals surface area contributed by atoms with E-state index in [0.717, 1.165) is 22.4 Å². The van der Waals surface area contributed by atoms with E-state index >= 15 is 0 Å². The number of anilines is 1. The molecule has 0 saturated carbocycles. The Bertz CT molecular complexity index is 600. The topological polar surface area (TPSA) is 53.1 Å². The number of nitrogens with two attached hydrogens (primary N) is 1. The third-order valence-corrected chi connectivity index (χ3v) is 3.45. The highest BCUT2D eigenvalue weighted by Crippen LogP contribution is 2.39. The minimum atomic E-state index is 0.351. The van der Waals surface area contributed by atoms with Crippen LogP contribution in [0.15, 0.2) is 18.3 Å². The maximum atomic E-state index is 6.09. The second-order valence-electron chi connectivity index (χ2n) is 5.10. The van der Waals surface area contributed by atoms with Crippen LogP contribution in [0.25, 0.3) is 11.1 Å². The standard InChI is InChI=1S/C15H21N3O/c1-9(2)13-11(7-6-10(3)14(13)19-5)12-8-17-18(4)15(12)16/h6-9H,16H2,1-5H3. The molecule has 0 radical (unpaired) electrons. The first kappa shape index (κ1) is 13.5. The lowest BCUT2D eigenvalue weighted by atomic mass is 9.91. The summed E-state index contributed by atoms with van der Waals surface area (Å²) in [6.07, 6.45) is 1.81. The first-order valence-corrected chi connectivity index (χ1v) is 6.42. The maximum Gasteiger partial charge on any atom is 0.129 e. The van der Waals surface area contributed by atoms with E-state index in [4.69, 9.17) is 10.5 Å². The van der Waals surface area contributed by atoms with Crippen LogP contribution in [0.2, 0.25) is 0 Å². The molecule has 0 atom stereocenters. The van der Waals surface area contributed by atoms with Crippen LogP contribution >= 0.6 is 0 Å². The van der Waals surface area contributed by atoms with Gasteiger partial charge in [0.1, 0.15) is 11.6 Å². The molecule has 0 spiro atoms. The zero-order chi connectivity index (χ0) is 14.2. The molecule has 4 nitrogen and oxygen atoms in total. The van der Waals surface area contributed by atoms with Crippen molar-refractivity contribution in [3.05, 3.63) is 29.5 Å². The number of hydrogen-bond acceptors (Lipinski definition) is 3. The van der Waals surface area contributed by atoms with Crippen LogP contribution < -0.4 is 10.5 Å². The Morgan fingerprint density at radius 1 is 1.26 bits per heavy atom. The van der Waals surface area contributed by atoms with Crippen molar-refractivity contribution in [1.82, 2.24) is 9.78 Å². The van der Waals surface area contributed by atoms with Gasteiger partial charge in [0.2, 0.25) is 0 Å². The van der Waals surface area contributed by atoms with Gasteiger partial charge in [-0.25, -0.2) is 0 Å². The highest BCUT2D eigenvalue weighted by atomic mass is 16.5. The molecule has 0 aliphatic rings. The highest BCUT2D eigenvalue weighted by molar-refractivity contribution is 5.79. The summed E-state index contributed by atoms with van der Waals surface area (Å²) in [6.45, 7) is 6.38. The number of ether oxygens (including phenoxy) is 1. The van der Waals surface area contributed by atoms with E-state index in [1.54, 1.807) is 11.8 Å². The molecule has 0 unspecified atom stereocenters. The molecule has 0 saturated heterocycles. The zero-order valence-electron chi connectivity index (χ0n) is 12.2. The third kappa shape index (κ3) is 2.18. The summed E-state index contributed by atoms with van der Waals surface area (Å²) in [6, 6.07) is 4.16. The molecule has 2 aromatic rings. The molecular weight excluding hydrogens is 238 g/mol. The summed E-state index contributed by atoms with van der Waals surface area (Å²) >= 11 is 0. The van der Waals surface area contributed by atoms with Gasteiger partial charge in [0.05, 0.1) is 13.3 Å². The number of aryl methyl sites for hydroxylation is 2. The normalized spacial score (nSPS) is 11.1. The number of hydrogen-bond donors (Lipinski definition) is 1. The maximum absolute atomic E-state index is 6.09. The molecule has 102 valence electrons. The van der Waals surface area contributed by atoms with Crippen molar-refractivity contribution in [1.29, 1.82) is 0 Å². The van der Waals surface area contributed by atoms with E-state index in [2.05, 4.69) is 38.0 Å². The summed E-state index contributed by atoms with van der Waals surface area (Å²) in [5.41, 5.74) is 10.5. The fourth-order valence-electron chi connectivity index (χ4n) is 2.44. The smallest absolute Gasteiger partial charge is 0.129 e. The van der Waals surface area contributed by atoms with Gasteiger partial charge in [-0.05, 0) is 24.0 Å². The lowest BCUT2D eigenvalue weighted by Crippen LogP contribution is -2.02. The number of nitrogen functional groups attached to an aromatic ring is 1. The Morgan fingerprint density at radius 3 is 2.42 bits per heavy atom. The minimum absolute atomic E-state index is 0.351. The molecule has 2 N–H and O–H groups in total. The third-order valence-electron chi connectivity index (χ3n) is 3.45. The molecule has 1 aromatic carbocycles. The number of rotatable bonds is 3. The van der Waals surface area contributed by atoms with Crippen LogP contribution in [0, 0.1) is 6.92 Å². The first-order valence-electron chi connectivity index (χ1n) is 6.42. The molecule has 2 rings (SSSR count). The second-order valence-corrected chi connectivity index (χ2v) is 5.10. The average molecular weight is 259 g/mol. The molecule has 19 heavy (non-hydrogen) atoms. The Labute approximate surface area is 114 Å². The molecule has 0 amide bonds. The van der Waals surface area contributed by atoms with Gasteiger partial charge in [-0.2, -0.15) is 5.10 Å². The van der Waals surface area contributed by atoms with Crippen molar-refractivity contribution in [2.75, 3.05) is 12.8 Å². The predicted molar refractivity (Wildman–Crippen MR) is 78.4 cm³/mol. The second kappa shape index (κ2) is 4.96. The van der Waals surface area contributed by atoms with Crippen LogP contribution in [-0.2, 0) is 7.05 Å². The number of aromatic nitrogens is 2. The monoisotopic (exact) mass is 259 g/mol. The van der Waals surface area contributed by atoms with Crippen molar-refractivity contribution >= 4 is 5.82 Å². The lowest BCUT2D eigenvalue weighted by Gasteiger charge is -2.18. The first-order chi connectivity index (χ1) is 8.97. The number of nitrogens with zero attached hydrogens (tertiary/aromatic N) is 2. The molecular formula is C15H21N3O. The Kier molecular flexibility index (Phi) is 3.51. The van der Waals surface area contributed by atoms with Gasteiger partial charge in [0.15, 0.2) is 0 Å². The van der Waals surface area contributed by atoms with Gasteiger partial charge in [-0.3, -0.25) is 4.68 Å². The van der Waals surface area contributed by atoms with Crippen molar-refractivity contribution < 1.29 is 4.74 Å². The van der Waals surface area contributed by atoms with Crippen molar-refractivity contribution in [3.8, 4) is 16.9 Å². The van der Waals surface area contributed by atoms with E-state index in [-0.39, 0.29) is 0 Å². The van der Waals surface area contributed by atoms with Gasteiger partial charge in [0.25, 0.3) is 0 Å². The Morgan fingerprint density at radius 2 is 1.95 bits per heavy atom. The molecule has 0 aliphatic heterocycles. The summed E-state index contributed by atoms with van der Waals surface area (Å²) in [7, 11) is 3.56. The van der Waals surface area contributed by atoms with E-state index in [1.807, 2.05) is 13.2 Å². The molecule has 0 fully saturated rings. The van der Waals surface area contributed by atoms with Crippen molar-refractivity contribution in [2.45, 2.75) is 26.7 Å². The van der Waals surface area contributed by atoms with E-state index in [0.29, 0.717) is 11.7 Å². The predicted octanol–water partition coefficient (Wildman–Crippen LogP) is 3.11. The van der Waals surface area contributed by atoms with Crippen LogP contribution in [0.1, 0.15) is 30.9 Å². The highest BCUT2D eigenvalue weighted by Gasteiger charge is 2.19. The Hall–Kier alpha value is -1.97. The van der Waals surface area contributed by atoms with Crippen LogP contribution in [-0.4, -0.2) is 16.9 Å². The van der Waals surface area contributed by atoms with E-state index in [1.165, 1.54) is 5.56 Å². The summed E-state index contributed by atoms with van der Waals surface area (Å²) in [5.74, 6) is 1.97. The van der Waals surface area contributed by atoms with Crippen molar-refractivity contribution in [3.63, 3.8) is 0 Å². The van der Waals surface area contributed by atoms with Gasteiger partial charge in [-0.15, -0.1) is 0 Å². The molecule has 0 bridgehead atoms. The lowest BCUT2D eigenvalue weighted by molar-refractivity contribution is 0.405. The van der Waals surface area contributed by atoms with Crippen molar-refractivity contribution in [2.24, 2.45) is 7.05 Å². The van der Waals surface area contributed by atoms with Gasteiger partial charge in [0, 0.05) is 18.2 Å². The zero-order valence-corrected chi connectivity index (χ0v) is 12.2. The molecule has 4 heteroatoms. The minimum Gasteiger partial charge on any atom is -0.496 e. The van der Waals surface area contributed by atoms with Crippen LogP contribution in [0.3, 0.4) is 0 Å². The molecule has 1 aromatic heterocycles. The fraction of sp³-hybridized carbons (Fsp3) is 0.400. The Balaban J connectivity index is 2.73. The van der Waals surface area contributed by atoms with E-state index < -0.39 is 0 Å². The SMILES string of the molecule is COc1c(C)ccc(-c2cnn(C)c2N)c1C(C)C. The van der Waals surface area contributed by atoms with Crippen LogP contribution in [0.5, 0.6) is 5.75 Å². The average Bonchev–Trinajstić information content (AvgIpc) is 2.69. The number of benzene rings is 1. The summed E-state index contributed by atoms with van der Waals surface area (Å²) in [4.78, 5) is 0.